The molecule has 1 rings (SSSR count). The van der Waals surface area contributed by atoms with Crippen LogP contribution in [0.4, 0.5) is 11.6 Å². The average molecular weight is 274 g/mol. The van der Waals surface area contributed by atoms with Crippen LogP contribution in [0.25, 0.3) is 0 Å². The van der Waals surface area contributed by atoms with Gasteiger partial charge in [-0.3, -0.25) is 0 Å². The van der Waals surface area contributed by atoms with Crippen LogP contribution < -0.4 is 11.1 Å². The summed E-state index contributed by atoms with van der Waals surface area (Å²) in [6, 6.07) is 0. The third-order valence-corrected chi connectivity index (χ3v) is 2.92. The van der Waals surface area contributed by atoms with Gasteiger partial charge in [-0.05, 0) is 29.5 Å². The molecule has 0 aliphatic heterocycles. The number of hydrogen-bond acceptors (Lipinski definition) is 5. The Morgan fingerprint density at radius 1 is 1.53 bits per heavy atom. The summed E-state index contributed by atoms with van der Waals surface area (Å²) in [6.07, 6.45) is 1.45. The van der Waals surface area contributed by atoms with Gasteiger partial charge in [0.05, 0.1) is 0 Å². The highest BCUT2D eigenvalue weighted by Crippen LogP contribution is 2.23. The standard InChI is InChI=1S/C9H16BrN5/c1-3-15(2)5-4-12-9-7(10)8(11)13-6-14-9/h6H,3-5H2,1-2H3,(H3,11,12,13,14). The van der Waals surface area contributed by atoms with Crippen LogP contribution in [0.1, 0.15) is 6.92 Å². The summed E-state index contributed by atoms with van der Waals surface area (Å²) >= 11 is 3.34. The Morgan fingerprint density at radius 2 is 2.27 bits per heavy atom. The van der Waals surface area contributed by atoms with Crippen LogP contribution in [0.5, 0.6) is 0 Å². The van der Waals surface area contributed by atoms with Gasteiger partial charge in [0, 0.05) is 13.1 Å². The lowest BCUT2D eigenvalue weighted by Gasteiger charge is -2.14. The first-order chi connectivity index (χ1) is 7.15. The van der Waals surface area contributed by atoms with E-state index in [1.165, 1.54) is 6.33 Å². The predicted molar refractivity (Wildman–Crippen MR) is 65.8 cm³/mol. The first kappa shape index (κ1) is 12.2. The molecule has 0 bridgehead atoms. The lowest BCUT2D eigenvalue weighted by atomic mass is 10.5. The van der Waals surface area contributed by atoms with E-state index in [0.717, 1.165) is 29.9 Å². The van der Waals surface area contributed by atoms with E-state index in [0.29, 0.717) is 5.82 Å². The summed E-state index contributed by atoms with van der Waals surface area (Å²) in [7, 11) is 2.07. The first-order valence-electron chi connectivity index (χ1n) is 4.83. The molecule has 0 saturated heterocycles. The van der Waals surface area contributed by atoms with Crippen LogP contribution in [0.15, 0.2) is 10.8 Å². The molecule has 0 aliphatic carbocycles. The number of nitrogens with one attached hydrogen (secondary N) is 1. The molecule has 15 heavy (non-hydrogen) atoms. The molecule has 0 aromatic carbocycles. The zero-order valence-electron chi connectivity index (χ0n) is 9.00. The SMILES string of the molecule is CCN(C)CCNc1ncnc(N)c1Br. The van der Waals surface area contributed by atoms with E-state index in [9.17, 15) is 0 Å². The molecule has 0 amide bonds. The zero-order chi connectivity index (χ0) is 11.3. The molecule has 1 heterocycles. The quantitative estimate of drug-likeness (QED) is 0.844. The Kier molecular flexibility index (Phi) is 4.77. The molecule has 0 atom stereocenters. The van der Waals surface area contributed by atoms with E-state index in [1.54, 1.807) is 0 Å². The van der Waals surface area contributed by atoms with Crippen molar-refractivity contribution in [1.82, 2.24) is 14.9 Å². The van der Waals surface area contributed by atoms with Crippen molar-refractivity contribution in [1.29, 1.82) is 0 Å². The van der Waals surface area contributed by atoms with Crippen LogP contribution in [-0.2, 0) is 0 Å². The van der Waals surface area contributed by atoms with E-state index >= 15 is 0 Å². The fourth-order valence-corrected chi connectivity index (χ4v) is 1.37. The third kappa shape index (κ3) is 3.64. The molecular weight excluding hydrogens is 258 g/mol. The summed E-state index contributed by atoms with van der Waals surface area (Å²) < 4.78 is 0.726. The topological polar surface area (TPSA) is 67.1 Å². The van der Waals surface area contributed by atoms with E-state index in [4.69, 9.17) is 5.73 Å². The van der Waals surface area contributed by atoms with Gasteiger partial charge in [-0.25, -0.2) is 9.97 Å². The third-order valence-electron chi connectivity index (χ3n) is 2.14. The van der Waals surface area contributed by atoms with E-state index in [-0.39, 0.29) is 0 Å². The summed E-state index contributed by atoms with van der Waals surface area (Å²) in [6.45, 7) is 4.96. The highest BCUT2D eigenvalue weighted by atomic mass is 79.9. The van der Waals surface area contributed by atoms with Crippen molar-refractivity contribution in [3.05, 3.63) is 10.8 Å². The number of rotatable bonds is 5. The van der Waals surface area contributed by atoms with Gasteiger partial charge in [-0.1, -0.05) is 6.92 Å². The normalized spacial score (nSPS) is 10.7. The van der Waals surface area contributed by atoms with Crippen molar-refractivity contribution in [3.63, 3.8) is 0 Å². The largest absolute Gasteiger partial charge is 0.383 e. The monoisotopic (exact) mass is 273 g/mol. The van der Waals surface area contributed by atoms with Crippen LogP contribution in [-0.4, -0.2) is 41.5 Å². The minimum atomic E-state index is 0.455. The molecule has 3 N–H and O–H groups in total. The Balaban J connectivity index is 2.47. The molecule has 0 spiro atoms. The minimum absolute atomic E-state index is 0.455. The molecule has 0 fully saturated rings. The Hall–Kier alpha value is -0.880. The molecule has 0 aliphatic rings. The second-order valence-electron chi connectivity index (χ2n) is 3.24. The molecule has 1 aromatic heterocycles. The Morgan fingerprint density at radius 3 is 2.93 bits per heavy atom. The number of nitrogen functional groups attached to an aromatic ring is 1. The van der Waals surface area contributed by atoms with Gasteiger partial charge < -0.3 is 16.0 Å². The summed E-state index contributed by atoms with van der Waals surface area (Å²) in [5, 5.41) is 3.20. The van der Waals surface area contributed by atoms with Crippen molar-refractivity contribution in [2.24, 2.45) is 0 Å². The van der Waals surface area contributed by atoms with E-state index in [1.807, 2.05) is 0 Å². The highest BCUT2D eigenvalue weighted by Gasteiger charge is 2.04. The number of aromatic nitrogens is 2. The fraction of sp³-hybridized carbons (Fsp3) is 0.556. The molecular formula is C9H16BrN5. The number of halogens is 1. The number of likely N-dealkylation sites (N-methyl/N-ethyl adjacent to an activating group) is 1. The second-order valence-corrected chi connectivity index (χ2v) is 4.04. The molecule has 5 nitrogen and oxygen atoms in total. The maximum Gasteiger partial charge on any atom is 0.145 e. The summed E-state index contributed by atoms with van der Waals surface area (Å²) in [4.78, 5) is 10.2. The van der Waals surface area contributed by atoms with Gasteiger partial charge in [-0.15, -0.1) is 0 Å². The van der Waals surface area contributed by atoms with Crippen LogP contribution in [0, 0.1) is 0 Å². The summed E-state index contributed by atoms with van der Waals surface area (Å²) in [5.41, 5.74) is 5.63. The van der Waals surface area contributed by atoms with Crippen LogP contribution >= 0.6 is 15.9 Å². The number of hydrogen-bond donors (Lipinski definition) is 2. The van der Waals surface area contributed by atoms with Gasteiger partial charge >= 0.3 is 0 Å². The van der Waals surface area contributed by atoms with Gasteiger partial charge in [0.15, 0.2) is 0 Å². The predicted octanol–water partition coefficient (Wildman–Crippen LogP) is 1.18. The maximum atomic E-state index is 5.63. The van der Waals surface area contributed by atoms with Gasteiger partial charge in [0.2, 0.25) is 0 Å². The average Bonchev–Trinajstić information content (AvgIpc) is 2.24. The second kappa shape index (κ2) is 5.87. The lowest BCUT2D eigenvalue weighted by Crippen LogP contribution is -2.25. The number of nitrogens with zero attached hydrogens (tertiary/aromatic N) is 3. The molecule has 0 saturated carbocycles. The van der Waals surface area contributed by atoms with Crippen molar-refractivity contribution >= 4 is 27.6 Å². The van der Waals surface area contributed by atoms with Crippen molar-refractivity contribution in [3.8, 4) is 0 Å². The molecule has 84 valence electrons. The highest BCUT2D eigenvalue weighted by molar-refractivity contribution is 9.10. The first-order valence-corrected chi connectivity index (χ1v) is 5.62. The van der Waals surface area contributed by atoms with Gasteiger partial charge in [0.1, 0.15) is 22.4 Å². The Bertz CT molecular complexity index is 317. The lowest BCUT2D eigenvalue weighted by molar-refractivity contribution is 0.367. The van der Waals surface area contributed by atoms with Crippen molar-refractivity contribution in [2.45, 2.75) is 6.92 Å². The number of nitrogens with two attached hydrogens (primary N) is 1. The maximum absolute atomic E-state index is 5.63. The van der Waals surface area contributed by atoms with Gasteiger partial charge in [0.25, 0.3) is 0 Å². The van der Waals surface area contributed by atoms with Crippen LogP contribution in [0.2, 0.25) is 0 Å². The van der Waals surface area contributed by atoms with Crippen molar-refractivity contribution in [2.75, 3.05) is 37.7 Å². The molecule has 1 aromatic rings. The molecule has 6 heteroatoms. The Labute approximate surface area is 98.2 Å². The number of anilines is 2. The molecule has 0 radical (unpaired) electrons. The summed E-state index contributed by atoms with van der Waals surface area (Å²) in [5.74, 6) is 1.20. The van der Waals surface area contributed by atoms with E-state index in [2.05, 4.69) is 50.1 Å². The zero-order valence-corrected chi connectivity index (χ0v) is 10.6. The van der Waals surface area contributed by atoms with E-state index < -0.39 is 0 Å². The van der Waals surface area contributed by atoms with Gasteiger partial charge in [-0.2, -0.15) is 0 Å². The van der Waals surface area contributed by atoms with Crippen LogP contribution in [0.3, 0.4) is 0 Å². The smallest absolute Gasteiger partial charge is 0.145 e. The minimum Gasteiger partial charge on any atom is -0.383 e. The fourth-order valence-electron chi connectivity index (χ4n) is 1.03. The molecule has 0 unspecified atom stereocenters. The van der Waals surface area contributed by atoms with Crippen molar-refractivity contribution < 1.29 is 0 Å².